The molecule has 3 amide bonds. The van der Waals surface area contributed by atoms with E-state index in [1.165, 1.54) is 0 Å². The van der Waals surface area contributed by atoms with Crippen molar-refractivity contribution in [3.05, 3.63) is 0 Å². The van der Waals surface area contributed by atoms with Crippen LogP contribution in [0.15, 0.2) is 0 Å². The SMILES string of the molecule is O=C(O)COCCOCCOCCOCCOCCOCCOCCOCCOCCOCCNC(=O)CCCC[C@@H]1SC[C@@H]2NC(=O)N[C@@H]21. The minimum atomic E-state index is -1.000. The lowest BCUT2D eigenvalue weighted by atomic mass is 10.0. The molecule has 0 unspecified atom stereocenters. The van der Waals surface area contributed by atoms with Gasteiger partial charge >= 0.3 is 12.0 Å². The normalized spacial score (nSPS) is 18.2. The maximum Gasteiger partial charge on any atom is 0.329 e. The number of unbranched alkanes of at least 4 members (excludes halogenated alkanes) is 1. The number of nitrogens with one attached hydrogen (secondary N) is 3. The number of fused-ring (bicyclic) bond motifs is 1. The summed E-state index contributed by atoms with van der Waals surface area (Å²) in [5, 5.41) is 17.7. The van der Waals surface area contributed by atoms with Gasteiger partial charge in [-0.2, -0.15) is 11.8 Å². The summed E-state index contributed by atoms with van der Waals surface area (Å²) < 4.78 is 53.7. The van der Waals surface area contributed by atoms with E-state index in [0.29, 0.717) is 137 Å². The zero-order valence-corrected chi connectivity index (χ0v) is 30.1. The van der Waals surface area contributed by atoms with Gasteiger partial charge in [0.1, 0.15) is 6.61 Å². The van der Waals surface area contributed by atoms with Gasteiger partial charge in [0.2, 0.25) is 5.91 Å². The van der Waals surface area contributed by atoms with Crippen molar-refractivity contribution in [2.24, 2.45) is 0 Å². The Labute approximate surface area is 299 Å². The summed E-state index contributed by atoms with van der Waals surface area (Å²) in [6.07, 6.45) is 3.32. The van der Waals surface area contributed by atoms with Gasteiger partial charge in [-0.05, 0) is 12.8 Å². The van der Waals surface area contributed by atoms with Gasteiger partial charge in [0.25, 0.3) is 0 Å². The molecule has 0 radical (unpaired) electrons. The van der Waals surface area contributed by atoms with E-state index in [0.717, 1.165) is 25.0 Å². The standard InChI is InChI=1S/C32H59N3O14S/c36-29(4-2-1-3-28-31-27(26-50-28)34-32(39)35-31)33-5-6-40-7-8-41-9-10-42-11-12-43-13-14-44-15-16-45-17-18-46-19-20-47-21-22-48-23-24-49-25-30(37)38/h27-28,31H,1-26H2,(H,33,36)(H,37,38)(H2,34,35,39)/t27-,28-,31-/m0/s1. The van der Waals surface area contributed by atoms with Crippen LogP contribution in [-0.2, 0) is 57.0 Å². The molecule has 0 spiro atoms. The second-order valence-corrected chi connectivity index (χ2v) is 12.4. The molecular weight excluding hydrogens is 682 g/mol. The average Bonchev–Trinajstić information content (AvgIpc) is 3.66. The van der Waals surface area contributed by atoms with E-state index < -0.39 is 5.97 Å². The summed E-state index contributed by atoms with van der Waals surface area (Å²) in [7, 11) is 0. The Hall–Kier alpha value is -1.84. The Morgan fingerprint density at radius 3 is 1.48 bits per heavy atom. The van der Waals surface area contributed by atoms with Crippen molar-refractivity contribution < 1.29 is 66.9 Å². The molecule has 0 saturated carbocycles. The first-order chi connectivity index (χ1) is 24.6. The number of carboxylic acids is 1. The Balaban J connectivity index is 1.16. The Morgan fingerprint density at radius 1 is 0.620 bits per heavy atom. The number of hydrogen-bond donors (Lipinski definition) is 4. The number of carboxylic acid groups (broad SMARTS) is 1. The van der Waals surface area contributed by atoms with Crippen molar-refractivity contribution in [3.8, 4) is 0 Å². The van der Waals surface area contributed by atoms with Crippen LogP contribution in [-0.4, -0.2) is 185 Å². The van der Waals surface area contributed by atoms with Crippen molar-refractivity contribution in [2.75, 3.05) is 144 Å². The lowest BCUT2D eigenvalue weighted by Gasteiger charge is -2.16. The third-order valence-corrected chi connectivity index (χ3v) is 8.73. The first kappa shape index (κ1) is 44.3. The molecule has 2 aliphatic heterocycles. The van der Waals surface area contributed by atoms with E-state index >= 15 is 0 Å². The lowest BCUT2D eigenvalue weighted by molar-refractivity contribution is -0.142. The fourth-order valence-electron chi connectivity index (χ4n) is 4.76. The molecule has 0 bridgehead atoms. The van der Waals surface area contributed by atoms with E-state index in [9.17, 15) is 14.4 Å². The highest BCUT2D eigenvalue weighted by atomic mass is 32.2. The monoisotopic (exact) mass is 741 g/mol. The van der Waals surface area contributed by atoms with Crippen molar-refractivity contribution in [1.29, 1.82) is 0 Å². The molecule has 50 heavy (non-hydrogen) atoms. The predicted molar refractivity (Wildman–Crippen MR) is 183 cm³/mol. The van der Waals surface area contributed by atoms with Crippen molar-refractivity contribution in [3.63, 3.8) is 0 Å². The highest BCUT2D eigenvalue weighted by Crippen LogP contribution is 2.33. The molecule has 2 fully saturated rings. The number of carbonyl (C=O) groups excluding carboxylic acids is 2. The molecule has 2 heterocycles. The predicted octanol–water partition coefficient (Wildman–Crippen LogP) is 0.0790. The van der Waals surface area contributed by atoms with Crippen LogP contribution in [0, 0.1) is 0 Å². The third-order valence-electron chi connectivity index (χ3n) is 7.22. The van der Waals surface area contributed by atoms with Gasteiger partial charge in [0.15, 0.2) is 0 Å². The van der Waals surface area contributed by atoms with Crippen LogP contribution >= 0.6 is 11.8 Å². The molecule has 4 N–H and O–H groups in total. The highest BCUT2D eigenvalue weighted by Gasteiger charge is 2.42. The molecule has 2 aliphatic rings. The number of aliphatic carboxylic acids is 1. The minimum absolute atomic E-state index is 0.0381. The van der Waals surface area contributed by atoms with Gasteiger partial charge in [-0.3, -0.25) is 4.79 Å². The Bertz CT molecular complexity index is 865. The highest BCUT2D eigenvalue weighted by molar-refractivity contribution is 8.00. The largest absolute Gasteiger partial charge is 0.480 e. The zero-order chi connectivity index (χ0) is 35.7. The van der Waals surface area contributed by atoms with Crippen LogP contribution in [0.4, 0.5) is 4.79 Å². The molecule has 18 heteroatoms. The maximum absolute atomic E-state index is 12.0. The quantitative estimate of drug-likeness (QED) is 0.0493. The first-order valence-electron chi connectivity index (χ1n) is 17.5. The summed E-state index contributed by atoms with van der Waals surface area (Å²) in [6.45, 7) is 8.56. The van der Waals surface area contributed by atoms with Crippen LogP contribution in [0.3, 0.4) is 0 Å². The molecule has 17 nitrogen and oxygen atoms in total. The van der Waals surface area contributed by atoms with E-state index in [1.807, 2.05) is 11.8 Å². The van der Waals surface area contributed by atoms with E-state index in [4.69, 9.17) is 52.5 Å². The van der Waals surface area contributed by atoms with Gasteiger partial charge in [0, 0.05) is 24.0 Å². The molecule has 0 aliphatic carbocycles. The molecule has 0 aromatic carbocycles. The van der Waals surface area contributed by atoms with Crippen LogP contribution in [0.2, 0.25) is 0 Å². The second-order valence-electron chi connectivity index (χ2n) is 11.2. The van der Waals surface area contributed by atoms with E-state index in [2.05, 4.69) is 16.0 Å². The summed E-state index contributed by atoms with van der Waals surface area (Å²) in [4.78, 5) is 33.8. The van der Waals surface area contributed by atoms with Gasteiger partial charge in [-0.15, -0.1) is 0 Å². The summed E-state index contributed by atoms with van der Waals surface area (Å²) in [5.41, 5.74) is 0. The number of thioether (sulfide) groups is 1. The van der Waals surface area contributed by atoms with Crippen molar-refractivity contribution in [2.45, 2.75) is 43.0 Å². The van der Waals surface area contributed by atoms with Crippen LogP contribution in [0.25, 0.3) is 0 Å². The molecule has 2 rings (SSSR count). The Kier molecular flexibility index (Phi) is 28.2. The topological polar surface area (TPSA) is 200 Å². The number of urea groups is 1. The Morgan fingerprint density at radius 2 is 1.04 bits per heavy atom. The van der Waals surface area contributed by atoms with Crippen molar-refractivity contribution >= 4 is 29.7 Å². The second kappa shape index (κ2) is 31.9. The van der Waals surface area contributed by atoms with E-state index in [-0.39, 0.29) is 37.2 Å². The fourth-order valence-corrected chi connectivity index (χ4v) is 6.31. The molecule has 3 atom stereocenters. The molecule has 0 aromatic heterocycles. The molecule has 0 aromatic rings. The molecule has 2 saturated heterocycles. The number of carbonyl (C=O) groups is 3. The van der Waals surface area contributed by atoms with Gasteiger partial charge < -0.3 is 68.4 Å². The summed E-state index contributed by atoms with van der Waals surface area (Å²) >= 11 is 1.90. The lowest BCUT2D eigenvalue weighted by Crippen LogP contribution is -2.36. The smallest absolute Gasteiger partial charge is 0.329 e. The maximum atomic E-state index is 12.0. The molecular formula is C32H59N3O14S. The van der Waals surface area contributed by atoms with Crippen LogP contribution in [0.5, 0.6) is 0 Å². The van der Waals surface area contributed by atoms with Crippen LogP contribution in [0.1, 0.15) is 25.7 Å². The van der Waals surface area contributed by atoms with E-state index in [1.54, 1.807) is 0 Å². The minimum Gasteiger partial charge on any atom is -0.480 e. The summed E-state index contributed by atoms with van der Waals surface area (Å²) in [6, 6.07) is 0.397. The average molecular weight is 742 g/mol. The number of rotatable bonds is 37. The number of hydrogen-bond acceptors (Lipinski definition) is 14. The number of ether oxygens (including phenoxy) is 10. The molecule has 292 valence electrons. The fraction of sp³-hybridized carbons (Fsp3) is 0.906. The summed E-state index contributed by atoms with van der Waals surface area (Å²) in [5.74, 6) is -0.00569. The van der Waals surface area contributed by atoms with Crippen LogP contribution < -0.4 is 16.0 Å². The van der Waals surface area contributed by atoms with Crippen molar-refractivity contribution in [1.82, 2.24) is 16.0 Å². The van der Waals surface area contributed by atoms with Gasteiger partial charge in [-0.25, -0.2) is 9.59 Å². The van der Waals surface area contributed by atoms with Gasteiger partial charge in [0.05, 0.1) is 138 Å². The zero-order valence-electron chi connectivity index (χ0n) is 29.3. The third kappa shape index (κ3) is 25.2. The van der Waals surface area contributed by atoms with Gasteiger partial charge in [-0.1, -0.05) is 6.42 Å². The number of amides is 3. The first-order valence-corrected chi connectivity index (χ1v) is 18.6.